The van der Waals surface area contributed by atoms with Gasteiger partial charge in [-0.05, 0) is 53.4 Å². The second kappa shape index (κ2) is 10.5. The van der Waals surface area contributed by atoms with Crippen molar-refractivity contribution in [2.75, 3.05) is 16.8 Å². The van der Waals surface area contributed by atoms with Crippen LogP contribution >= 0.6 is 0 Å². The van der Waals surface area contributed by atoms with E-state index in [1.165, 1.54) is 0 Å². The molecule has 2 amide bonds. The SMILES string of the molecule is N#Cc1cccc(NC(=O)C2CNN3C=CN(c4ccc(Cc5ccc(CC=O)cc5)cc4)C(=O)C23)c1. The van der Waals surface area contributed by atoms with Gasteiger partial charge < -0.3 is 15.1 Å². The lowest BCUT2D eigenvalue weighted by molar-refractivity contribution is -0.128. The van der Waals surface area contributed by atoms with Crippen molar-refractivity contribution in [1.29, 1.82) is 5.26 Å². The van der Waals surface area contributed by atoms with E-state index in [1.54, 1.807) is 46.6 Å². The number of rotatable bonds is 7. The van der Waals surface area contributed by atoms with Gasteiger partial charge >= 0.3 is 0 Å². The largest absolute Gasteiger partial charge is 0.326 e. The first kappa shape index (κ1) is 24.0. The summed E-state index contributed by atoms with van der Waals surface area (Å²) < 4.78 is 0. The summed E-state index contributed by atoms with van der Waals surface area (Å²) in [6.07, 6.45) is 5.51. The van der Waals surface area contributed by atoms with Crippen LogP contribution in [0.1, 0.15) is 22.3 Å². The van der Waals surface area contributed by atoms with E-state index in [4.69, 9.17) is 5.26 Å². The molecule has 184 valence electrons. The molecule has 0 bridgehead atoms. The predicted molar refractivity (Wildman–Crippen MR) is 139 cm³/mol. The van der Waals surface area contributed by atoms with Gasteiger partial charge in [-0.3, -0.25) is 14.5 Å². The van der Waals surface area contributed by atoms with Crippen LogP contribution in [0.5, 0.6) is 0 Å². The lowest BCUT2D eigenvalue weighted by Gasteiger charge is -2.33. The van der Waals surface area contributed by atoms with E-state index in [9.17, 15) is 14.4 Å². The summed E-state index contributed by atoms with van der Waals surface area (Å²) in [5.41, 5.74) is 8.03. The van der Waals surface area contributed by atoms with Crippen molar-refractivity contribution in [3.05, 3.63) is 107 Å². The van der Waals surface area contributed by atoms with Gasteiger partial charge in [0.15, 0.2) is 0 Å². The van der Waals surface area contributed by atoms with Crippen molar-refractivity contribution in [3.63, 3.8) is 0 Å². The van der Waals surface area contributed by atoms with Crippen LogP contribution in [-0.4, -0.2) is 35.7 Å². The Balaban J connectivity index is 1.27. The molecule has 8 nitrogen and oxygen atoms in total. The second-order valence-electron chi connectivity index (χ2n) is 9.04. The summed E-state index contributed by atoms with van der Waals surface area (Å²) in [6.45, 7) is 0.322. The fourth-order valence-electron chi connectivity index (χ4n) is 4.65. The molecule has 2 atom stereocenters. The Morgan fingerprint density at radius 2 is 1.73 bits per heavy atom. The van der Waals surface area contributed by atoms with Crippen LogP contribution < -0.4 is 15.6 Å². The fourth-order valence-corrected chi connectivity index (χ4v) is 4.65. The van der Waals surface area contributed by atoms with Crippen molar-refractivity contribution in [2.45, 2.75) is 18.9 Å². The maximum Gasteiger partial charge on any atom is 0.256 e. The number of hydrazine groups is 1. The van der Waals surface area contributed by atoms with Gasteiger partial charge in [0.1, 0.15) is 12.3 Å². The van der Waals surface area contributed by atoms with Gasteiger partial charge in [0.2, 0.25) is 5.91 Å². The van der Waals surface area contributed by atoms with Crippen LogP contribution in [0.15, 0.2) is 85.2 Å². The van der Waals surface area contributed by atoms with E-state index >= 15 is 0 Å². The van der Waals surface area contributed by atoms with Gasteiger partial charge in [-0.25, -0.2) is 5.43 Å². The Labute approximate surface area is 214 Å². The van der Waals surface area contributed by atoms with Gasteiger partial charge in [0.25, 0.3) is 5.91 Å². The standard InChI is InChI=1S/C29H25N5O3/c30-18-23-2-1-3-24(17-23)32-28(36)26-19-31-34-14-13-33(29(37)27(26)34)25-10-8-22(9-11-25)16-21-6-4-20(5-7-21)12-15-35/h1-11,13-15,17,26-27,31H,12,16,19H2,(H,32,36). The van der Waals surface area contributed by atoms with Gasteiger partial charge in [0, 0.05) is 36.7 Å². The Bertz CT molecular complexity index is 1390. The number of aldehydes is 1. The van der Waals surface area contributed by atoms with E-state index in [-0.39, 0.29) is 11.8 Å². The van der Waals surface area contributed by atoms with Crippen molar-refractivity contribution >= 4 is 29.5 Å². The van der Waals surface area contributed by atoms with Crippen LogP contribution in [0.4, 0.5) is 11.4 Å². The molecular formula is C29H25N5O3. The quantitative estimate of drug-likeness (QED) is 0.492. The molecule has 3 aromatic rings. The van der Waals surface area contributed by atoms with E-state index in [0.29, 0.717) is 24.2 Å². The third kappa shape index (κ3) is 5.13. The highest BCUT2D eigenvalue weighted by Gasteiger charge is 2.46. The molecule has 2 unspecified atom stereocenters. The average molecular weight is 492 g/mol. The normalized spacial score (nSPS) is 18.3. The summed E-state index contributed by atoms with van der Waals surface area (Å²) in [6, 6.07) is 23.8. The molecular weight excluding hydrogens is 466 g/mol. The maximum absolute atomic E-state index is 13.5. The first-order valence-corrected chi connectivity index (χ1v) is 12.0. The second-order valence-corrected chi connectivity index (χ2v) is 9.04. The number of nitrogens with one attached hydrogen (secondary N) is 2. The molecule has 2 N–H and O–H groups in total. The number of nitrogens with zero attached hydrogens (tertiary/aromatic N) is 3. The number of nitriles is 1. The summed E-state index contributed by atoms with van der Waals surface area (Å²) >= 11 is 0. The van der Waals surface area contributed by atoms with E-state index in [2.05, 4.69) is 16.8 Å². The number of carbonyl (C=O) groups excluding carboxylic acids is 3. The average Bonchev–Trinajstić information content (AvgIpc) is 3.36. The van der Waals surface area contributed by atoms with E-state index in [1.807, 2.05) is 48.5 Å². The van der Waals surface area contributed by atoms with E-state index < -0.39 is 12.0 Å². The van der Waals surface area contributed by atoms with Crippen LogP contribution in [0.2, 0.25) is 0 Å². The highest BCUT2D eigenvalue weighted by Crippen LogP contribution is 2.28. The molecule has 2 aliphatic rings. The zero-order valence-corrected chi connectivity index (χ0v) is 20.0. The van der Waals surface area contributed by atoms with Gasteiger partial charge in [-0.2, -0.15) is 5.26 Å². The van der Waals surface area contributed by atoms with Crippen molar-refractivity contribution in [1.82, 2.24) is 10.4 Å². The summed E-state index contributed by atoms with van der Waals surface area (Å²) in [5.74, 6) is -1.09. The number of benzene rings is 3. The third-order valence-corrected chi connectivity index (χ3v) is 6.60. The smallest absolute Gasteiger partial charge is 0.256 e. The molecule has 8 heteroatoms. The Morgan fingerprint density at radius 1 is 1.03 bits per heavy atom. The number of anilines is 2. The molecule has 0 aromatic heterocycles. The van der Waals surface area contributed by atoms with Gasteiger partial charge in [0.05, 0.1) is 17.6 Å². The maximum atomic E-state index is 13.5. The number of carbonyl (C=O) groups is 3. The minimum Gasteiger partial charge on any atom is -0.326 e. The number of hydrogen-bond acceptors (Lipinski definition) is 6. The first-order chi connectivity index (χ1) is 18.1. The lowest BCUT2D eigenvalue weighted by Crippen LogP contribution is -2.51. The number of fused-ring (bicyclic) bond motifs is 1. The van der Waals surface area contributed by atoms with Crippen LogP contribution in [-0.2, 0) is 27.2 Å². The number of hydrogen-bond donors (Lipinski definition) is 2. The summed E-state index contributed by atoms with van der Waals surface area (Å²) in [5, 5.41) is 13.6. The van der Waals surface area contributed by atoms with E-state index in [0.717, 1.165) is 35.1 Å². The molecule has 2 heterocycles. The minimum absolute atomic E-state index is 0.197. The third-order valence-electron chi connectivity index (χ3n) is 6.60. The van der Waals surface area contributed by atoms with Crippen LogP contribution in [0, 0.1) is 17.2 Å². The molecule has 37 heavy (non-hydrogen) atoms. The predicted octanol–water partition coefficient (Wildman–Crippen LogP) is 3.15. The lowest BCUT2D eigenvalue weighted by atomic mass is 9.97. The molecule has 1 fully saturated rings. The molecule has 5 rings (SSSR count). The first-order valence-electron chi connectivity index (χ1n) is 12.0. The molecule has 0 radical (unpaired) electrons. The Hall–Kier alpha value is -4.74. The van der Waals surface area contributed by atoms with Gasteiger partial charge in [-0.15, -0.1) is 0 Å². The van der Waals surface area contributed by atoms with Gasteiger partial charge in [-0.1, -0.05) is 42.5 Å². The van der Waals surface area contributed by atoms with Crippen molar-refractivity contribution in [3.8, 4) is 6.07 Å². The zero-order chi connectivity index (χ0) is 25.8. The molecule has 2 aliphatic heterocycles. The molecule has 0 spiro atoms. The Morgan fingerprint density at radius 3 is 2.43 bits per heavy atom. The Kier molecular flexibility index (Phi) is 6.79. The summed E-state index contributed by atoms with van der Waals surface area (Å²) in [4.78, 5) is 38.8. The van der Waals surface area contributed by atoms with Crippen LogP contribution in [0.25, 0.3) is 0 Å². The molecule has 0 aliphatic carbocycles. The van der Waals surface area contributed by atoms with Crippen LogP contribution in [0.3, 0.4) is 0 Å². The highest BCUT2D eigenvalue weighted by molar-refractivity contribution is 6.05. The minimum atomic E-state index is -0.686. The highest BCUT2D eigenvalue weighted by atomic mass is 16.2. The monoisotopic (exact) mass is 491 g/mol. The zero-order valence-electron chi connectivity index (χ0n) is 20.0. The molecule has 3 aromatic carbocycles. The van der Waals surface area contributed by atoms with Crippen molar-refractivity contribution in [2.24, 2.45) is 5.92 Å². The number of amides is 2. The molecule has 0 saturated carbocycles. The van der Waals surface area contributed by atoms with Crippen molar-refractivity contribution < 1.29 is 14.4 Å². The summed E-state index contributed by atoms with van der Waals surface area (Å²) in [7, 11) is 0. The molecule has 1 saturated heterocycles. The fraction of sp³-hybridized carbons (Fsp3) is 0.172. The topological polar surface area (TPSA) is 106 Å².